The van der Waals surface area contributed by atoms with Gasteiger partial charge >= 0.3 is 0 Å². The molecule has 2 unspecified atom stereocenters. The van der Waals surface area contributed by atoms with E-state index in [9.17, 15) is 9.59 Å². The summed E-state index contributed by atoms with van der Waals surface area (Å²) in [6.45, 7) is 3.43. The molecule has 1 N–H and O–H groups in total. The van der Waals surface area contributed by atoms with Crippen LogP contribution in [0.4, 0.5) is 5.69 Å². The molecule has 2 rings (SSSR count). The normalized spacial score (nSPS) is 22.8. The molecule has 0 aromatic heterocycles. The molecule has 0 saturated carbocycles. The Labute approximate surface area is 106 Å². The Balaban J connectivity index is 2.05. The van der Waals surface area contributed by atoms with E-state index in [0.717, 1.165) is 12.8 Å². The monoisotopic (exact) mass is 247 g/mol. The maximum atomic E-state index is 12.1. The molecule has 1 amide bonds. The topological polar surface area (TPSA) is 55.4 Å². The fourth-order valence-electron chi connectivity index (χ4n) is 2.10. The standard InChI is InChI=1S/C14H17NO3/c1-9-3-8-13(18-9)14(17)11-4-6-12(7-5-11)15-10(2)16/h4-7,9,13H,3,8H2,1-2H3,(H,15,16). The van der Waals surface area contributed by atoms with E-state index in [1.165, 1.54) is 6.92 Å². The van der Waals surface area contributed by atoms with E-state index in [-0.39, 0.29) is 23.9 Å². The van der Waals surface area contributed by atoms with E-state index in [0.29, 0.717) is 11.3 Å². The summed E-state index contributed by atoms with van der Waals surface area (Å²) in [5.74, 6) is -0.101. The number of carbonyl (C=O) groups excluding carboxylic acids is 2. The number of carbonyl (C=O) groups is 2. The number of nitrogens with one attached hydrogen (secondary N) is 1. The molecule has 1 aromatic carbocycles. The highest BCUT2D eigenvalue weighted by molar-refractivity contribution is 6.00. The summed E-state index contributed by atoms with van der Waals surface area (Å²) >= 11 is 0. The smallest absolute Gasteiger partial charge is 0.221 e. The molecule has 0 aliphatic carbocycles. The highest BCUT2D eigenvalue weighted by Gasteiger charge is 2.28. The van der Waals surface area contributed by atoms with Crippen molar-refractivity contribution in [3.05, 3.63) is 29.8 Å². The second-order valence-corrected chi connectivity index (χ2v) is 4.64. The molecule has 2 atom stereocenters. The molecule has 0 bridgehead atoms. The first-order valence-electron chi connectivity index (χ1n) is 6.13. The van der Waals surface area contributed by atoms with Crippen LogP contribution < -0.4 is 5.32 Å². The van der Waals surface area contributed by atoms with Crippen LogP contribution in [0.15, 0.2) is 24.3 Å². The highest BCUT2D eigenvalue weighted by atomic mass is 16.5. The molecule has 1 aliphatic heterocycles. The first-order valence-corrected chi connectivity index (χ1v) is 6.13. The summed E-state index contributed by atoms with van der Waals surface area (Å²) < 4.78 is 5.55. The lowest BCUT2D eigenvalue weighted by Gasteiger charge is -2.10. The molecule has 1 saturated heterocycles. The van der Waals surface area contributed by atoms with Crippen LogP contribution in [-0.2, 0) is 9.53 Å². The molecular weight excluding hydrogens is 230 g/mol. The first kappa shape index (κ1) is 12.8. The number of hydrogen-bond donors (Lipinski definition) is 1. The second kappa shape index (κ2) is 5.31. The van der Waals surface area contributed by atoms with Crippen LogP contribution in [0.5, 0.6) is 0 Å². The molecule has 4 nitrogen and oxygen atoms in total. The number of anilines is 1. The predicted octanol–water partition coefficient (Wildman–Crippen LogP) is 2.40. The Morgan fingerprint density at radius 1 is 1.22 bits per heavy atom. The molecule has 0 spiro atoms. The Morgan fingerprint density at radius 2 is 1.89 bits per heavy atom. The van der Waals surface area contributed by atoms with Gasteiger partial charge in [0.2, 0.25) is 5.91 Å². The highest BCUT2D eigenvalue weighted by Crippen LogP contribution is 2.23. The Bertz CT molecular complexity index is 453. The molecule has 0 radical (unpaired) electrons. The van der Waals surface area contributed by atoms with Crippen molar-refractivity contribution >= 4 is 17.4 Å². The van der Waals surface area contributed by atoms with E-state index in [4.69, 9.17) is 4.74 Å². The van der Waals surface area contributed by atoms with E-state index in [2.05, 4.69) is 5.32 Å². The van der Waals surface area contributed by atoms with E-state index >= 15 is 0 Å². The van der Waals surface area contributed by atoms with Gasteiger partial charge < -0.3 is 10.1 Å². The third kappa shape index (κ3) is 2.96. The van der Waals surface area contributed by atoms with Gasteiger partial charge in [0.1, 0.15) is 6.10 Å². The van der Waals surface area contributed by atoms with E-state index < -0.39 is 0 Å². The van der Waals surface area contributed by atoms with Gasteiger partial charge in [-0.05, 0) is 44.0 Å². The van der Waals surface area contributed by atoms with E-state index in [1.807, 2.05) is 6.92 Å². The number of Topliss-reactive ketones (excluding diaryl/α,β-unsaturated/α-hetero) is 1. The third-order valence-electron chi connectivity index (χ3n) is 3.01. The van der Waals surface area contributed by atoms with Gasteiger partial charge in [0.15, 0.2) is 5.78 Å². The fourth-order valence-corrected chi connectivity index (χ4v) is 2.10. The lowest BCUT2D eigenvalue weighted by Crippen LogP contribution is -2.20. The SMILES string of the molecule is CC(=O)Nc1ccc(C(=O)C2CCC(C)O2)cc1. The van der Waals surface area contributed by atoms with Gasteiger partial charge in [-0.2, -0.15) is 0 Å². The van der Waals surface area contributed by atoms with Crippen LogP contribution in [0.1, 0.15) is 37.0 Å². The maximum absolute atomic E-state index is 12.1. The molecule has 96 valence electrons. The minimum atomic E-state index is -0.313. The van der Waals surface area contributed by atoms with Crippen molar-refractivity contribution in [2.75, 3.05) is 5.32 Å². The summed E-state index contributed by atoms with van der Waals surface area (Å²) in [5, 5.41) is 2.67. The van der Waals surface area contributed by atoms with Crippen LogP contribution >= 0.6 is 0 Å². The summed E-state index contributed by atoms with van der Waals surface area (Å²) in [5.41, 5.74) is 1.32. The number of hydrogen-bond acceptors (Lipinski definition) is 3. The van der Waals surface area contributed by atoms with Crippen molar-refractivity contribution in [2.45, 2.75) is 38.9 Å². The maximum Gasteiger partial charge on any atom is 0.221 e. The lowest BCUT2D eigenvalue weighted by atomic mass is 10.0. The van der Waals surface area contributed by atoms with Gasteiger partial charge in [0, 0.05) is 18.2 Å². The third-order valence-corrected chi connectivity index (χ3v) is 3.01. The number of rotatable bonds is 3. The van der Waals surface area contributed by atoms with Gasteiger partial charge in [0.25, 0.3) is 0 Å². The quantitative estimate of drug-likeness (QED) is 0.834. The molecule has 1 heterocycles. The minimum absolute atomic E-state index is 0.0220. The Morgan fingerprint density at radius 3 is 2.39 bits per heavy atom. The molecule has 1 aromatic rings. The Kier molecular flexibility index (Phi) is 3.77. The van der Waals surface area contributed by atoms with Crippen molar-refractivity contribution < 1.29 is 14.3 Å². The minimum Gasteiger partial charge on any atom is -0.367 e. The van der Waals surface area contributed by atoms with Crippen LogP contribution in [0.2, 0.25) is 0 Å². The number of amides is 1. The summed E-state index contributed by atoms with van der Waals surface area (Å²) in [6.07, 6.45) is 1.57. The zero-order valence-electron chi connectivity index (χ0n) is 10.6. The van der Waals surface area contributed by atoms with Crippen LogP contribution in [0.25, 0.3) is 0 Å². The van der Waals surface area contributed by atoms with E-state index in [1.54, 1.807) is 24.3 Å². The largest absolute Gasteiger partial charge is 0.367 e. The van der Waals surface area contributed by atoms with Gasteiger partial charge in [-0.15, -0.1) is 0 Å². The van der Waals surface area contributed by atoms with Crippen molar-refractivity contribution in [3.8, 4) is 0 Å². The van der Waals surface area contributed by atoms with Gasteiger partial charge in [0.05, 0.1) is 6.10 Å². The van der Waals surface area contributed by atoms with Gasteiger partial charge in [-0.3, -0.25) is 9.59 Å². The molecule has 18 heavy (non-hydrogen) atoms. The molecular formula is C14H17NO3. The summed E-state index contributed by atoms with van der Waals surface area (Å²) in [7, 11) is 0. The van der Waals surface area contributed by atoms with Crippen LogP contribution in [0, 0.1) is 0 Å². The van der Waals surface area contributed by atoms with Gasteiger partial charge in [-0.25, -0.2) is 0 Å². The Hall–Kier alpha value is -1.68. The average Bonchev–Trinajstić information content (AvgIpc) is 2.75. The predicted molar refractivity (Wildman–Crippen MR) is 68.6 cm³/mol. The fraction of sp³-hybridized carbons (Fsp3) is 0.429. The molecule has 4 heteroatoms. The zero-order valence-corrected chi connectivity index (χ0v) is 10.6. The summed E-state index contributed by atoms with van der Waals surface area (Å²) in [6, 6.07) is 6.90. The van der Waals surface area contributed by atoms with Crippen molar-refractivity contribution in [1.82, 2.24) is 0 Å². The van der Waals surface area contributed by atoms with Gasteiger partial charge in [-0.1, -0.05) is 0 Å². The first-order chi connectivity index (χ1) is 8.56. The van der Waals surface area contributed by atoms with Crippen LogP contribution in [0.3, 0.4) is 0 Å². The number of benzene rings is 1. The number of ketones is 1. The summed E-state index contributed by atoms with van der Waals surface area (Å²) in [4.78, 5) is 23.0. The number of ether oxygens (including phenoxy) is 1. The van der Waals surface area contributed by atoms with Crippen LogP contribution in [-0.4, -0.2) is 23.9 Å². The second-order valence-electron chi connectivity index (χ2n) is 4.64. The average molecular weight is 247 g/mol. The lowest BCUT2D eigenvalue weighted by molar-refractivity contribution is -0.114. The molecule has 1 fully saturated rings. The zero-order chi connectivity index (χ0) is 13.1. The van der Waals surface area contributed by atoms with Crippen molar-refractivity contribution in [2.24, 2.45) is 0 Å². The van der Waals surface area contributed by atoms with Crippen molar-refractivity contribution in [1.29, 1.82) is 0 Å². The molecule has 1 aliphatic rings. The van der Waals surface area contributed by atoms with Crippen molar-refractivity contribution in [3.63, 3.8) is 0 Å².